The van der Waals surface area contributed by atoms with Gasteiger partial charge in [-0.2, -0.15) is 4.98 Å². The Balaban J connectivity index is 1.70. The smallest absolute Gasteiger partial charge is 0.303 e. The molecule has 0 saturated carbocycles. The lowest BCUT2D eigenvalue weighted by Crippen LogP contribution is -1.99. The number of nitrogens with one attached hydrogen (secondary N) is 1. The molecule has 2 aromatic heterocycles. The number of H-pyrrole nitrogens is 1. The van der Waals surface area contributed by atoms with Gasteiger partial charge in [0.2, 0.25) is 5.82 Å². The van der Waals surface area contributed by atoms with Crippen molar-refractivity contribution >= 4 is 28.5 Å². The summed E-state index contributed by atoms with van der Waals surface area (Å²) in [5, 5.41) is 14.4. The van der Waals surface area contributed by atoms with Gasteiger partial charge in [-0.05, 0) is 44.0 Å². The predicted molar refractivity (Wildman–Crippen MR) is 120 cm³/mol. The minimum absolute atomic E-state index is 0.0597. The number of aliphatic carboxylic acids is 1. The second-order valence-electron chi connectivity index (χ2n) is 7.01. The van der Waals surface area contributed by atoms with E-state index in [0.717, 1.165) is 22.0 Å². The average Bonchev–Trinajstić information content (AvgIpc) is 3.42. The van der Waals surface area contributed by atoms with Crippen LogP contribution in [-0.2, 0) is 11.2 Å². The van der Waals surface area contributed by atoms with Gasteiger partial charge in [-0.15, -0.1) is 0 Å². The van der Waals surface area contributed by atoms with E-state index in [1.54, 1.807) is 12.1 Å². The Kier molecular flexibility index (Phi) is 6.32. The summed E-state index contributed by atoms with van der Waals surface area (Å²) in [6.07, 6.45) is 2.31. The number of aryl methyl sites for hydroxylation is 1. The van der Waals surface area contributed by atoms with Crippen LogP contribution in [-0.4, -0.2) is 39.4 Å². The van der Waals surface area contributed by atoms with Crippen LogP contribution < -0.4 is 9.47 Å². The van der Waals surface area contributed by atoms with Crippen LogP contribution in [0.25, 0.3) is 33.7 Å². The van der Waals surface area contributed by atoms with E-state index in [4.69, 9.17) is 30.7 Å². The lowest BCUT2D eigenvalue weighted by atomic mass is 10.1. The highest BCUT2D eigenvalue weighted by atomic mass is 35.5. The summed E-state index contributed by atoms with van der Waals surface area (Å²) in [6, 6.07) is 9.16. The molecule has 2 heterocycles. The highest BCUT2D eigenvalue weighted by molar-refractivity contribution is 6.32. The fourth-order valence-electron chi connectivity index (χ4n) is 3.54. The zero-order valence-electron chi connectivity index (χ0n) is 17.6. The normalized spacial score (nSPS) is 11.1. The Morgan fingerprint density at radius 3 is 2.78 bits per heavy atom. The summed E-state index contributed by atoms with van der Waals surface area (Å²) in [5.74, 6) is 0.843. The molecule has 0 radical (unpaired) electrons. The Labute approximate surface area is 189 Å². The number of hydrogen-bond acceptors (Lipinski definition) is 6. The molecule has 32 heavy (non-hydrogen) atoms. The van der Waals surface area contributed by atoms with Crippen LogP contribution in [0.2, 0.25) is 5.02 Å². The molecular weight excluding hydrogens is 434 g/mol. The number of ether oxygens (including phenoxy) is 2. The van der Waals surface area contributed by atoms with E-state index in [1.807, 2.05) is 38.2 Å². The molecule has 0 saturated heterocycles. The molecule has 0 atom stereocenters. The van der Waals surface area contributed by atoms with E-state index in [2.05, 4.69) is 15.1 Å². The third kappa shape index (κ3) is 4.27. The zero-order chi connectivity index (χ0) is 22.7. The van der Waals surface area contributed by atoms with Crippen LogP contribution in [0.5, 0.6) is 11.5 Å². The zero-order valence-corrected chi connectivity index (χ0v) is 18.4. The maximum absolute atomic E-state index is 10.9. The molecule has 4 aromatic rings. The van der Waals surface area contributed by atoms with Crippen LogP contribution in [0.4, 0.5) is 0 Å². The number of halogens is 1. The van der Waals surface area contributed by atoms with Crippen molar-refractivity contribution in [1.82, 2.24) is 15.1 Å². The second-order valence-corrected chi connectivity index (χ2v) is 7.42. The fraction of sp³-hybridized carbons (Fsp3) is 0.261. The molecule has 9 heteroatoms. The summed E-state index contributed by atoms with van der Waals surface area (Å²) in [4.78, 5) is 18.7. The van der Waals surface area contributed by atoms with Crippen molar-refractivity contribution in [3.63, 3.8) is 0 Å². The van der Waals surface area contributed by atoms with Gasteiger partial charge in [-0.1, -0.05) is 28.9 Å². The molecule has 4 rings (SSSR count). The van der Waals surface area contributed by atoms with E-state index in [9.17, 15) is 4.79 Å². The molecule has 0 unspecified atom stereocenters. The number of carbonyl (C=O) groups is 1. The number of aromatic amines is 1. The van der Waals surface area contributed by atoms with E-state index in [-0.39, 0.29) is 6.42 Å². The molecule has 8 nitrogen and oxygen atoms in total. The Morgan fingerprint density at radius 1 is 1.22 bits per heavy atom. The molecule has 0 amide bonds. The van der Waals surface area contributed by atoms with Crippen LogP contribution >= 0.6 is 11.6 Å². The number of carboxylic acid groups (broad SMARTS) is 1. The van der Waals surface area contributed by atoms with Crippen molar-refractivity contribution in [2.75, 3.05) is 13.2 Å². The van der Waals surface area contributed by atoms with Crippen molar-refractivity contribution in [2.45, 2.75) is 26.7 Å². The van der Waals surface area contributed by atoms with Gasteiger partial charge in [-0.25, -0.2) is 0 Å². The molecular formula is C23H22ClN3O5. The second kappa shape index (κ2) is 9.32. The summed E-state index contributed by atoms with van der Waals surface area (Å²) in [7, 11) is 0. The average molecular weight is 456 g/mol. The quantitative estimate of drug-likeness (QED) is 0.349. The molecule has 2 aromatic carbocycles. The largest absolute Gasteiger partial charge is 0.490 e. The Morgan fingerprint density at radius 2 is 2.03 bits per heavy atom. The first-order chi connectivity index (χ1) is 15.5. The lowest BCUT2D eigenvalue weighted by Gasteiger charge is -2.13. The predicted octanol–water partition coefficient (Wildman–Crippen LogP) is 5.35. The molecule has 0 aliphatic heterocycles. The minimum Gasteiger partial charge on any atom is -0.490 e. The summed E-state index contributed by atoms with van der Waals surface area (Å²) >= 11 is 6.41. The Bertz CT molecular complexity index is 1260. The van der Waals surface area contributed by atoms with Crippen molar-refractivity contribution < 1.29 is 23.9 Å². The number of carboxylic acids is 1. The van der Waals surface area contributed by atoms with Crippen LogP contribution in [0.15, 0.2) is 41.1 Å². The van der Waals surface area contributed by atoms with Gasteiger partial charge in [0.1, 0.15) is 0 Å². The van der Waals surface area contributed by atoms with Gasteiger partial charge in [0, 0.05) is 29.1 Å². The number of rotatable bonds is 9. The standard InChI is InChI=1S/C23H22ClN3O5/c1-3-30-18-11-14(10-17(24)21(18)31-4-2)23-26-22(27-32-23)16-7-5-6-15-13(8-9-19(28)29)12-25-20(15)16/h5-7,10-12,25H,3-4,8-9H2,1-2H3,(H,28,29). The first-order valence-corrected chi connectivity index (χ1v) is 10.6. The van der Waals surface area contributed by atoms with E-state index >= 15 is 0 Å². The van der Waals surface area contributed by atoms with E-state index in [1.165, 1.54) is 0 Å². The fourth-order valence-corrected chi connectivity index (χ4v) is 3.80. The molecule has 2 N–H and O–H groups in total. The van der Waals surface area contributed by atoms with Gasteiger partial charge >= 0.3 is 5.97 Å². The van der Waals surface area contributed by atoms with Crippen LogP contribution in [0.3, 0.4) is 0 Å². The third-order valence-corrected chi connectivity index (χ3v) is 5.20. The highest BCUT2D eigenvalue weighted by Gasteiger charge is 2.19. The van der Waals surface area contributed by atoms with Crippen LogP contribution in [0, 0.1) is 0 Å². The SMILES string of the molecule is CCOc1cc(-c2nc(-c3cccc4c(CCC(=O)O)c[nH]c34)no2)cc(Cl)c1OCC. The van der Waals surface area contributed by atoms with Gasteiger partial charge in [0.15, 0.2) is 11.5 Å². The van der Waals surface area contributed by atoms with Gasteiger partial charge < -0.3 is 24.1 Å². The van der Waals surface area contributed by atoms with Gasteiger partial charge in [0.05, 0.1) is 23.8 Å². The minimum atomic E-state index is -0.834. The van der Waals surface area contributed by atoms with Crippen molar-refractivity contribution in [1.29, 1.82) is 0 Å². The van der Waals surface area contributed by atoms with E-state index in [0.29, 0.717) is 53.4 Å². The van der Waals surface area contributed by atoms with Gasteiger partial charge in [-0.3, -0.25) is 4.79 Å². The number of fused-ring (bicyclic) bond motifs is 1. The number of nitrogens with zero attached hydrogens (tertiary/aromatic N) is 2. The number of aromatic nitrogens is 3. The molecule has 166 valence electrons. The van der Waals surface area contributed by atoms with E-state index < -0.39 is 5.97 Å². The molecule has 0 bridgehead atoms. The van der Waals surface area contributed by atoms with Gasteiger partial charge in [0.25, 0.3) is 5.89 Å². The third-order valence-electron chi connectivity index (χ3n) is 4.92. The highest BCUT2D eigenvalue weighted by Crippen LogP contribution is 2.40. The summed E-state index contributed by atoms with van der Waals surface area (Å²) < 4.78 is 16.8. The molecule has 0 aliphatic carbocycles. The maximum atomic E-state index is 10.9. The lowest BCUT2D eigenvalue weighted by molar-refractivity contribution is -0.136. The number of hydrogen-bond donors (Lipinski definition) is 2. The Hall–Kier alpha value is -3.52. The van der Waals surface area contributed by atoms with Crippen molar-refractivity contribution in [3.8, 4) is 34.3 Å². The van der Waals surface area contributed by atoms with Crippen LogP contribution in [0.1, 0.15) is 25.8 Å². The molecule has 0 aliphatic rings. The number of benzene rings is 2. The summed E-state index contributed by atoms with van der Waals surface area (Å²) in [6.45, 7) is 4.66. The topological polar surface area (TPSA) is 110 Å². The van der Waals surface area contributed by atoms with Crippen molar-refractivity contribution in [2.24, 2.45) is 0 Å². The monoisotopic (exact) mass is 455 g/mol. The maximum Gasteiger partial charge on any atom is 0.303 e. The molecule has 0 fully saturated rings. The number of para-hydroxylation sites is 1. The van der Waals surface area contributed by atoms with Crippen molar-refractivity contribution in [3.05, 3.63) is 47.1 Å². The molecule has 0 spiro atoms. The first-order valence-electron chi connectivity index (χ1n) is 10.3. The first kappa shape index (κ1) is 21.7. The summed E-state index contributed by atoms with van der Waals surface area (Å²) in [5.41, 5.74) is 3.11.